The first kappa shape index (κ1) is 14.4. The molecule has 3 N–H and O–H groups in total. The maximum atomic E-state index is 13.0. The monoisotopic (exact) mass is 292 g/mol. The van der Waals surface area contributed by atoms with E-state index in [2.05, 4.69) is 10.6 Å². The first-order chi connectivity index (χ1) is 9.95. The van der Waals surface area contributed by atoms with Crippen LogP contribution in [-0.2, 0) is 0 Å². The summed E-state index contributed by atoms with van der Waals surface area (Å²) in [5.41, 5.74) is 0.344. The van der Waals surface area contributed by atoms with Gasteiger partial charge in [0.25, 0.3) is 0 Å². The van der Waals surface area contributed by atoms with Crippen molar-refractivity contribution in [2.24, 2.45) is 0 Å². The number of carbonyl (C=O) groups excluding carboxylic acids is 1. The van der Waals surface area contributed by atoms with Crippen LogP contribution in [0.2, 0.25) is 0 Å². The van der Waals surface area contributed by atoms with Crippen LogP contribution in [0.5, 0.6) is 0 Å². The molecule has 0 aliphatic heterocycles. The number of carbonyl (C=O) groups is 2. The molecule has 0 aliphatic rings. The summed E-state index contributed by atoms with van der Waals surface area (Å²) in [5.74, 6) is -3.23. The Balaban J connectivity index is 2.06. The van der Waals surface area contributed by atoms with Crippen molar-refractivity contribution in [3.05, 3.63) is 59.7 Å². The van der Waals surface area contributed by atoms with Crippen molar-refractivity contribution in [2.75, 3.05) is 10.6 Å². The van der Waals surface area contributed by atoms with Crippen molar-refractivity contribution in [3.8, 4) is 0 Å². The highest BCUT2D eigenvalue weighted by molar-refractivity contribution is 6.00. The highest BCUT2D eigenvalue weighted by atomic mass is 19.2. The second-order valence-corrected chi connectivity index (χ2v) is 4.09. The van der Waals surface area contributed by atoms with E-state index in [1.165, 1.54) is 30.3 Å². The fourth-order valence-electron chi connectivity index (χ4n) is 1.60. The molecule has 0 spiro atoms. The quantitative estimate of drug-likeness (QED) is 0.812. The molecule has 21 heavy (non-hydrogen) atoms. The summed E-state index contributed by atoms with van der Waals surface area (Å²) in [5, 5.41) is 13.5. The average Bonchev–Trinajstić information content (AvgIpc) is 2.43. The molecule has 0 unspecified atom stereocenters. The molecule has 0 saturated carbocycles. The largest absolute Gasteiger partial charge is 0.478 e. The molecular weight excluding hydrogens is 282 g/mol. The lowest BCUT2D eigenvalue weighted by molar-refractivity contribution is 0.0697. The van der Waals surface area contributed by atoms with Crippen LogP contribution in [0.25, 0.3) is 0 Å². The average molecular weight is 292 g/mol. The summed E-state index contributed by atoms with van der Waals surface area (Å²) < 4.78 is 25.7. The standard InChI is InChI=1S/C14H10F2N2O3/c15-11-5-4-10(7-12(11)16)18-14(21)17-9-3-1-2-8(6-9)13(19)20/h1-7H,(H,19,20)(H2,17,18,21). The van der Waals surface area contributed by atoms with Crippen molar-refractivity contribution < 1.29 is 23.5 Å². The van der Waals surface area contributed by atoms with E-state index in [9.17, 15) is 18.4 Å². The fourth-order valence-corrected chi connectivity index (χ4v) is 1.60. The predicted octanol–water partition coefficient (Wildman–Crippen LogP) is 3.31. The summed E-state index contributed by atoms with van der Waals surface area (Å²) in [7, 11) is 0. The third-order valence-electron chi connectivity index (χ3n) is 2.54. The normalized spacial score (nSPS) is 10.0. The molecule has 2 aromatic carbocycles. The smallest absolute Gasteiger partial charge is 0.335 e. The molecule has 5 nitrogen and oxygen atoms in total. The molecule has 2 rings (SSSR count). The van der Waals surface area contributed by atoms with E-state index in [-0.39, 0.29) is 16.9 Å². The van der Waals surface area contributed by atoms with Gasteiger partial charge in [-0.2, -0.15) is 0 Å². The molecule has 7 heteroatoms. The minimum atomic E-state index is -1.13. The van der Waals surface area contributed by atoms with Crippen LogP contribution >= 0.6 is 0 Å². The van der Waals surface area contributed by atoms with Gasteiger partial charge in [0.15, 0.2) is 11.6 Å². The molecule has 0 atom stereocenters. The predicted molar refractivity (Wildman–Crippen MR) is 72.4 cm³/mol. The van der Waals surface area contributed by atoms with E-state index < -0.39 is 23.6 Å². The highest BCUT2D eigenvalue weighted by Gasteiger charge is 2.08. The first-order valence-electron chi connectivity index (χ1n) is 5.82. The third kappa shape index (κ3) is 3.75. The van der Waals surface area contributed by atoms with Gasteiger partial charge in [-0.05, 0) is 30.3 Å². The second kappa shape index (κ2) is 6.00. The number of carboxylic acids is 1. The summed E-state index contributed by atoms with van der Waals surface area (Å²) in [6.45, 7) is 0. The van der Waals surface area contributed by atoms with Crippen LogP contribution < -0.4 is 10.6 Å². The third-order valence-corrected chi connectivity index (χ3v) is 2.54. The van der Waals surface area contributed by atoms with Gasteiger partial charge in [-0.3, -0.25) is 0 Å². The van der Waals surface area contributed by atoms with Gasteiger partial charge in [0, 0.05) is 17.4 Å². The van der Waals surface area contributed by atoms with E-state index in [0.717, 1.165) is 12.1 Å². The number of benzene rings is 2. The Morgan fingerprint density at radius 2 is 1.57 bits per heavy atom. The van der Waals surface area contributed by atoms with E-state index in [4.69, 9.17) is 5.11 Å². The van der Waals surface area contributed by atoms with Crippen molar-refractivity contribution in [2.45, 2.75) is 0 Å². The molecular formula is C14H10F2N2O3. The first-order valence-corrected chi connectivity index (χ1v) is 5.82. The van der Waals surface area contributed by atoms with Crippen molar-refractivity contribution in [1.29, 1.82) is 0 Å². The van der Waals surface area contributed by atoms with E-state index in [0.29, 0.717) is 0 Å². The van der Waals surface area contributed by atoms with Gasteiger partial charge in [-0.1, -0.05) is 6.07 Å². The molecule has 2 amide bonds. The van der Waals surface area contributed by atoms with Gasteiger partial charge in [0.1, 0.15) is 0 Å². The number of rotatable bonds is 3. The number of nitrogens with one attached hydrogen (secondary N) is 2. The number of amides is 2. The fraction of sp³-hybridized carbons (Fsp3) is 0. The number of hydrogen-bond donors (Lipinski definition) is 3. The molecule has 0 bridgehead atoms. The molecule has 2 aromatic rings. The number of carboxylic acid groups (broad SMARTS) is 1. The van der Waals surface area contributed by atoms with Crippen LogP contribution in [0.4, 0.5) is 25.0 Å². The van der Waals surface area contributed by atoms with Crippen LogP contribution in [0.3, 0.4) is 0 Å². The van der Waals surface area contributed by atoms with Crippen LogP contribution in [0.15, 0.2) is 42.5 Å². The Kier molecular flexibility index (Phi) is 4.13. The van der Waals surface area contributed by atoms with Crippen molar-refractivity contribution in [1.82, 2.24) is 0 Å². The van der Waals surface area contributed by atoms with Crippen molar-refractivity contribution >= 4 is 23.4 Å². The Morgan fingerprint density at radius 1 is 0.905 bits per heavy atom. The molecule has 0 heterocycles. The Labute approximate surface area is 118 Å². The zero-order valence-electron chi connectivity index (χ0n) is 10.6. The minimum Gasteiger partial charge on any atom is -0.478 e. The molecule has 0 radical (unpaired) electrons. The van der Waals surface area contributed by atoms with Crippen LogP contribution in [0, 0.1) is 11.6 Å². The van der Waals surface area contributed by atoms with Gasteiger partial charge in [0.2, 0.25) is 0 Å². The molecule has 108 valence electrons. The van der Waals surface area contributed by atoms with Gasteiger partial charge in [0.05, 0.1) is 5.56 Å². The summed E-state index contributed by atoms with van der Waals surface area (Å²) in [6, 6.07) is 7.83. The molecule has 0 fully saturated rings. The van der Waals surface area contributed by atoms with E-state index in [1.54, 1.807) is 0 Å². The second-order valence-electron chi connectivity index (χ2n) is 4.09. The topological polar surface area (TPSA) is 78.4 Å². The van der Waals surface area contributed by atoms with Crippen LogP contribution in [-0.4, -0.2) is 17.1 Å². The lowest BCUT2D eigenvalue weighted by Gasteiger charge is -2.08. The highest BCUT2D eigenvalue weighted by Crippen LogP contribution is 2.14. The molecule has 0 saturated heterocycles. The number of urea groups is 1. The SMILES string of the molecule is O=C(Nc1cccc(C(=O)O)c1)Nc1ccc(F)c(F)c1. The summed E-state index contributed by atoms with van der Waals surface area (Å²) >= 11 is 0. The minimum absolute atomic E-state index is 0.0145. The lowest BCUT2D eigenvalue weighted by Crippen LogP contribution is -2.19. The van der Waals surface area contributed by atoms with E-state index in [1.807, 2.05) is 0 Å². The lowest BCUT2D eigenvalue weighted by atomic mass is 10.2. The molecule has 0 aliphatic carbocycles. The number of aromatic carboxylic acids is 1. The van der Waals surface area contributed by atoms with Crippen LogP contribution in [0.1, 0.15) is 10.4 Å². The maximum Gasteiger partial charge on any atom is 0.335 e. The number of anilines is 2. The van der Waals surface area contributed by atoms with Gasteiger partial charge >= 0.3 is 12.0 Å². The van der Waals surface area contributed by atoms with Gasteiger partial charge < -0.3 is 15.7 Å². The Morgan fingerprint density at radius 3 is 2.19 bits per heavy atom. The van der Waals surface area contributed by atoms with Gasteiger partial charge in [-0.25, -0.2) is 18.4 Å². The zero-order valence-corrected chi connectivity index (χ0v) is 10.6. The Bertz CT molecular complexity index is 704. The maximum absolute atomic E-state index is 13.0. The Hall–Kier alpha value is -2.96. The zero-order chi connectivity index (χ0) is 15.4. The number of halogens is 2. The van der Waals surface area contributed by atoms with Crippen molar-refractivity contribution in [3.63, 3.8) is 0 Å². The van der Waals surface area contributed by atoms with Gasteiger partial charge in [-0.15, -0.1) is 0 Å². The van der Waals surface area contributed by atoms with E-state index >= 15 is 0 Å². The summed E-state index contributed by atoms with van der Waals surface area (Å²) in [6.07, 6.45) is 0. The number of hydrogen-bond acceptors (Lipinski definition) is 2. The molecule has 0 aromatic heterocycles. The summed E-state index contributed by atoms with van der Waals surface area (Å²) in [4.78, 5) is 22.5.